The van der Waals surface area contributed by atoms with E-state index in [1.54, 1.807) is 52.0 Å². The van der Waals surface area contributed by atoms with Crippen molar-refractivity contribution in [2.75, 3.05) is 26.4 Å². The van der Waals surface area contributed by atoms with Gasteiger partial charge in [0.25, 0.3) is 0 Å². The molecule has 150 valence electrons. The zero-order chi connectivity index (χ0) is 19.5. The van der Waals surface area contributed by atoms with Crippen LogP contribution in [-0.2, 0) is 49.5 Å². The Morgan fingerprint density at radius 2 is 0.923 bits per heavy atom. The highest BCUT2D eigenvalue weighted by atomic mass is 31.2. The minimum Gasteiger partial charge on any atom is -0.287 e. The summed E-state index contributed by atoms with van der Waals surface area (Å²) in [4.78, 5) is 0. The van der Waals surface area contributed by atoms with E-state index in [-0.39, 0.29) is 39.6 Å². The lowest BCUT2D eigenvalue weighted by Gasteiger charge is -2.19. The van der Waals surface area contributed by atoms with Crippen molar-refractivity contribution in [1.29, 1.82) is 0 Å². The molecular formula is C16H28O8P2. The molecule has 1 aromatic carbocycles. The fourth-order valence-electron chi connectivity index (χ4n) is 1.99. The summed E-state index contributed by atoms with van der Waals surface area (Å²) in [6.45, 7) is 7.61. The predicted octanol–water partition coefficient (Wildman–Crippen LogP) is 5.08. The molecule has 0 heterocycles. The Bertz CT molecular complexity index is 549. The molecule has 0 aliphatic rings. The summed E-state index contributed by atoms with van der Waals surface area (Å²) in [6, 6.07) is 7.18. The molecule has 0 saturated heterocycles. The standard InChI is InChI=1S/C16H28O8P2/c1-5-19-25(17,20-6-2)23-13-15-11-9-10-12-16(15)14-24-26(18,21-7-3)22-8-4/h9-12H,5-8,13-14H2,1-4H3. The topological polar surface area (TPSA) is 89.5 Å². The minimum absolute atomic E-state index is 0.00954. The molecule has 0 aliphatic carbocycles. The zero-order valence-electron chi connectivity index (χ0n) is 15.7. The van der Waals surface area contributed by atoms with Crippen LogP contribution >= 0.6 is 15.6 Å². The van der Waals surface area contributed by atoms with Gasteiger partial charge < -0.3 is 0 Å². The lowest BCUT2D eigenvalue weighted by Crippen LogP contribution is -2.04. The maximum Gasteiger partial charge on any atom is 0.475 e. The van der Waals surface area contributed by atoms with Crippen LogP contribution in [0.5, 0.6) is 0 Å². The van der Waals surface area contributed by atoms with E-state index in [1.165, 1.54) is 0 Å². The average molecular weight is 410 g/mol. The van der Waals surface area contributed by atoms with Crippen LogP contribution in [0, 0.1) is 0 Å². The first-order valence-electron chi connectivity index (χ1n) is 8.56. The van der Waals surface area contributed by atoms with E-state index in [0.717, 1.165) is 0 Å². The van der Waals surface area contributed by atoms with Crippen LogP contribution in [0.1, 0.15) is 38.8 Å². The van der Waals surface area contributed by atoms with Gasteiger partial charge in [-0.1, -0.05) is 24.3 Å². The molecule has 0 aromatic heterocycles. The molecule has 1 rings (SSSR count). The van der Waals surface area contributed by atoms with Crippen LogP contribution in [0.15, 0.2) is 24.3 Å². The van der Waals surface area contributed by atoms with E-state index in [2.05, 4.69) is 0 Å². The molecule has 0 radical (unpaired) electrons. The second-order valence-electron chi connectivity index (χ2n) is 4.88. The Morgan fingerprint density at radius 3 is 1.19 bits per heavy atom. The van der Waals surface area contributed by atoms with Crippen LogP contribution in [0.3, 0.4) is 0 Å². The molecule has 8 nitrogen and oxygen atoms in total. The highest BCUT2D eigenvalue weighted by Crippen LogP contribution is 2.51. The number of hydrogen-bond donors (Lipinski definition) is 0. The monoisotopic (exact) mass is 410 g/mol. The Kier molecular flexibility index (Phi) is 10.8. The third-order valence-electron chi connectivity index (χ3n) is 3.02. The van der Waals surface area contributed by atoms with E-state index >= 15 is 0 Å². The number of phosphoric ester groups is 2. The summed E-state index contributed by atoms with van der Waals surface area (Å²) in [5.41, 5.74) is 1.40. The predicted molar refractivity (Wildman–Crippen MR) is 97.7 cm³/mol. The van der Waals surface area contributed by atoms with Crippen LogP contribution in [0.2, 0.25) is 0 Å². The normalized spacial score (nSPS) is 12.5. The molecule has 0 amide bonds. The largest absolute Gasteiger partial charge is 0.475 e. The first-order valence-corrected chi connectivity index (χ1v) is 11.5. The molecular weight excluding hydrogens is 382 g/mol. The van der Waals surface area contributed by atoms with E-state index in [1.807, 2.05) is 0 Å². The molecule has 0 aliphatic heterocycles. The van der Waals surface area contributed by atoms with Crippen LogP contribution in [0.4, 0.5) is 0 Å². The van der Waals surface area contributed by atoms with Crippen LogP contribution in [0.25, 0.3) is 0 Å². The Balaban J connectivity index is 2.81. The van der Waals surface area contributed by atoms with Crippen LogP contribution in [-0.4, -0.2) is 26.4 Å². The van der Waals surface area contributed by atoms with E-state index in [4.69, 9.17) is 27.1 Å². The van der Waals surface area contributed by atoms with Gasteiger partial charge in [0.1, 0.15) is 0 Å². The number of phosphoric acid groups is 2. The smallest absolute Gasteiger partial charge is 0.287 e. The minimum atomic E-state index is -3.62. The van der Waals surface area contributed by atoms with Gasteiger partial charge in [0.15, 0.2) is 0 Å². The Hall–Kier alpha value is -0.560. The molecule has 0 atom stereocenters. The molecule has 1 aromatic rings. The molecule has 0 fully saturated rings. The summed E-state index contributed by atoms with van der Waals surface area (Å²) in [6.07, 6.45) is 0. The maximum absolute atomic E-state index is 12.4. The maximum atomic E-state index is 12.4. The second kappa shape index (κ2) is 12.0. The van der Waals surface area contributed by atoms with Crippen molar-refractivity contribution in [3.05, 3.63) is 35.4 Å². The van der Waals surface area contributed by atoms with E-state index < -0.39 is 15.6 Å². The average Bonchev–Trinajstić information content (AvgIpc) is 2.60. The number of hydrogen-bond acceptors (Lipinski definition) is 8. The molecule has 0 bridgehead atoms. The third kappa shape index (κ3) is 7.99. The van der Waals surface area contributed by atoms with Gasteiger partial charge in [-0.2, -0.15) is 0 Å². The Morgan fingerprint density at radius 1 is 0.615 bits per heavy atom. The van der Waals surface area contributed by atoms with Gasteiger partial charge in [-0.3, -0.25) is 27.1 Å². The lowest BCUT2D eigenvalue weighted by molar-refractivity contribution is 0.109. The fraction of sp³-hybridized carbons (Fsp3) is 0.625. The van der Waals surface area contributed by atoms with Gasteiger partial charge in [-0.05, 0) is 38.8 Å². The molecule has 10 heteroatoms. The van der Waals surface area contributed by atoms with Gasteiger partial charge in [0, 0.05) is 0 Å². The number of rotatable bonds is 14. The van der Waals surface area contributed by atoms with Gasteiger partial charge >= 0.3 is 15.6 Å². The van der Waals surface area contributed by atoms with Gasteiger partial charge in [0.2, 0.25) is 0 Å². The molecule has 26 heavy (non-hydrogen) atoms. The van der Waals surface area contributed by atoms with E-state index in [9.17, 15) is 9.13 Å². The van der Waals surface area contributed by atoms with Crippen molar-refractivity contribution in [2.45, 2.75) is 40.9 Å². The van der Waals surface area contributed by atoms with Crippen molar-refractivity contribution in [2.24, 2.45) is 0 Å². The molecule has 0 spiro atoms. The highest BCUT2D eigenvalue weighted by Gasteiger charge is 2.27. The van der Waals surface area contributed by atoms with Crippen molar-refractivity contribution < 1.29 is 36.3 Å². The van der Waals surface area contributed by atoms with Crippen molar-refractivity contribution >= 4 is 15.6 Å². The van der Waals surface area contributed by atoms with E-state index in [0.29, 0.717) is 11.1 Å². The zero-order valence-corrected chi connectivity index (χ0v) is 17.5. The highest BCUT2D eigenvalue weighted by molar-refractivity contribution is 7.48. The summed E-state index contributed by atoms with van der Waals surface area (Å²) in [5, 5.41) is 0. The number of benzene rings is 1. The first kappa shape index (κ1) is 23.5. The second-order valence-corrected chi connectivity index (χ2v) is 8.22. The van der Waals surface area contributed by atoms with Crippen molar-refractivity contribution in [1.82, 2.24) is 0 Å². The van der Waals surface area contributed by atoms with Crippen molar-refractivity contribution in [3.8, 4) is 0 Å². The summed E-state index contributed by atoms with van der Waals surface area (Å²) >= 11 is 0. The lowest BCUT2D eigenvalue weighted by atomic mass is 10.1. The van der Waals surface area contributed by atoms with Gasteiger partial charge in [-0.15, -0.1) is 0 Å². The first-order chi connectivity index (χ1) is 12.4. The summed E-state index contributed by atoms with van der Waals surface area (Å²) in [5.74, 6) is 0. The molecule has 0 saturated carbocycles. The van der Waals surface area contributed by atoms with Crippen molar-refractivity contribution in [3.63, 3.8) is 0 Å². The molecule has 0 unspecified atom stereocenters. The SMILES string of the molecule is CCOP(=O)(OCC)OCc1ccccc1COP(=O)(OCC)OCC. The summed E-state index contributed by atoms with van der Waals surface area (Å²) in [7, 11) is -7.24. The van der Waals surface area contributed by atoms with Crippen LogP contribution < -0.4 is 0 Å². The summed E-state index contributed by atoms with van der Waals surface area (Å²) < 4.78 is 56.0. The quantitative estimate of drug-likeness (QED) is 0.392. The van der Waals surface area contributed by atoms with Gasteiger partial charge in [0.05, 0.1) is 39.6 Å². The molecule has 0 N–H and O–H groups in total. The fourth-order valence-corrected chi connectivity index (χ4v) is 4.30. The Labute approximate surface area is 155 Å². The van der Waals surface area contributed by atoms with Gasteiger partial charge in [-0.25, -0.2) is 9.13 Å². The third-order valence-corrected chi connectivity index (χ3v) is 6.21.